The largest absolute Gasteiger partial charge is 0.466 e. The Kier molecular flexibility index (Phi) is 6.44. The second kappa shape index (κ2) is 7.84. The summed E-state index contributed by atoms with van der Waals surface area (Å²) in [4.78, 5) is 23.0. The van der Waals surface area contributed by atoms with Crippen molar-refractivity contribution in [3.05, 3.63) is 28.0 Å². The zero-order valence-electron chi connectivity index (χ0n) is 11.0. The smallest absolute Gasteiger partial charge is 0.305 e. The molecule has 0 unspecified atom stereocenters. The van der Waals surface area contributed by atoms with Gasteiger partial charge in [-0.2, -0.15) is 0 Å². The number of nitrogens with one attached hydrogen (secondary N) is 1. The number of rotatable bonds is 6. The molecule has 3 N–H and O–H groups in total. The third-order valence-corrected chi connectivity index (χ3v) is 3.14. The molecule has 1 rings (SSSR count). The highest BCUT2D eigenvalue weighted by molar-refractivity contribution is 9.10. The highest BCUT2D eigenvalue weighted by atomic mass is 79.9. The topological polar surface area (TPSA) is 81.4 Å². The van der Waals surface area contributed by atoms with Crippen molar-refractivity contribution in [3.63, 3.8) is 0 Å². The Hall–Kier alpha value is -1.63. The lowest BCUT2D eigenvalue weighted by molar-refractivity contribution is -0.143. The molecule has 0 spiro atoms. The van der Waals surface area contributed by atoms with Crippen molar-refractivity contribution < 1.29 is 18.7 Å². The van der Waals surface area contributed by atoms with Crippen LogP contribution in [0.4, 0.5) is 10.1 Å². The number of nitrogen functional groups attached to an aromatic ring is 1. The summed E-state index contributed by atoms with van der Waals surface area (Å²) in [6, 6.07) is 2.41. The number of esters is 1. The quantitative estimate of drug-likeness (QED) is 0.470. The third-order valence-electron chi connectivity index (χ3n) is 2.48. The van der Waals surface area contributed by atoms with E-state index < -0.39 is 5.82 Å². The average molecular weight is 347 g/mol. The molecule has 0 fully saturated rings. The first-order valence-electron chi connectivity index (χ1n) is 6.14. The molecule has 0 radical (unpaired) electrons. The van der Waals surface area contributed by atoms with Crippen LogP contribution in [0.25, 0.3) is 0 Å². The van der Waals surface area contributed by atoms with E-state index in [0.717, 1.165) is 6.07 Å². The van der Waals surface area contributed by atoms with E-state index in [0.29, 0.717) is 24.0 Å². The van der Waals surface area contributed by atoms with Gasteiger partial charge in [-0.25, -0.2) is 4.39 Å². The Morgan fingerprint density at radius 2 is 2.15 bits per heavy atom. The summed E-state index contributed by atoms with van der Waals surface area (Å²) < 4.78 is 18.2. The fourth-order valence-electron chi connectivity index (χ4n) is 1.50. The van der Waals surface area contributed by atoms with Gasteiger partial charge in [-0.1, -0.05) is 0 Å². The lowest BCUT2D eigenvalue weighted by atomic mass is 10.2. The molecule has 1 amide bonds. The van der Waals surface area contributed by atoms with E-state index in [1.54, 1.807) is 6.92 Å². The van der Waals surface area contributed by atoms with Gasteiger partial charge in [0.2, 0.25) is 0 Å². The Balaban J connectivity index is 2.48. The number of carbonyl (C=O) groups excluding carboxylic acids is 2. The van der Waals surface area contributed by atoms with E-state index in [-0.39, 0.29) is 29.5 Å². The molecule has 0 aliphatic heterocycles. The first kappa shape index (κ1) is 16.4. The standard InChI is InChI=1S/C13H16BrFN2O3/c1-2-20-12(18)4-3-5-17-13(19)8-6-11(16)10(15)7-9(8)14/h6-7H,2-5,16H2,1H3,(H,17,19). The molecule has 0 saturated carbocycles. The van der Waals surface area contributed by atoms with Gasteiger partial charge >= 0.3 is 5.97 Å². The molecule has 1 aromatic carbocycles. The first-order valence-corrected chi connectivity index (χ1v) is 6.93. The van der Waals surface area contributed by atoms with Crippen molar-refractivity contribution in [1.29, 1.82) is 0 Å². The number of carbonyl (C=O) groups is 2. The lowest BCUT2D eigenvalue weighted by Crippen LogP contribution is -2.25. The Morgan fingerprint density at radius 3 is 2.80 bits per heavy atom. The minimum atomic E-state index is -0.587. The van der Waals surface area contributed by atoms with Crippen LogP contribution in [0.1, 0.15) is 30.1 Å². The maximum Gasteiger partial charge on any atom is 0.305 e. The predicted octanol–water partition coefficient (Wildman–Crippen LogP) is 2.24. The van der Waals surface area contributed by atoms with Crippen LogP contribution in [0.5, 0.6) is 0 Å². The van der Waals surface area contributed by atoms with Crippen LogP contribution in [-0.4, -0.2) is 25.0 Å². The average Bonchev–Trinajstić information content (AvgIpc) is 2.39. The minimum Gasteiger partial charge on any atom is -0.466 e. The molecule has 5 nitrogen and oxygen atoms in total. The maximum atomic E-state index is 13.2. The highest BCUT2D eigenvalue weighted by Crippen LogP contribution is 2.22. The summed E-state index contributed by atoms with van der Waals surface area (Å²) >= 11 is 3.10. The SMILES string of the molecule is CCOC(=O)CCCNC(=O)c1cc(N)c(F)cc1Br. The van der Waals surface area contributed by atoms with Gasteiger partial charge in [0.25, 0.3) is 5.91 Å². The molecule has 0 atom stereocenters. The van der Waals surface area contributed by atoms with Crippen molar-refractivity contribution in [2.45, 2.75) is 19.8 Å². The molecular weight excluding hydrogens is 331 g/mol. The summed E-state index contributed by atoms with van der Waals surface area (Å²) in [5.74, 6) is -1.27. The van der Waals surface area contributed by atoms with Gasteiger partial charge in [0.05, 0.1) is 17.9 Å². The molecule has 0 bridgehead atoms. The minimum absolute atomic E-state index is 0.0927. The number of nitrogens with two attached hydrogens (primary N) is 1. The van der Waals surface area contributed by atoms with E-state index >= 15 is 0 Å². The number of anilines is 1. The van der Waals surface area contributed by atoms with Gasteiger partial charge in [0, 0.05) is 17.4 Å². The van der Waals surface area contributed by atoms with E-state index in [1.807, 2.05) is 0 Å². The molecule has 0 aliphatic rings. The zero-order valence-corrected chi connectivity index (χ0v) is 12.6. The van der Waals surface area contributed by atoms with Crippen LogP contribution in [-0.2, 0) is 9.53 Å². The Labute approximate surface area is 124 Å². The lowest BCUT2D eigenvalue weighted by Gasteiger charge is -2.08. The maximum absolute atomic E-state index is 13.2. The van der Waals surface area contributed by atoms with Crippen LogP contribution in [0.15, 0.2) is 16.6 Å². The molecule has 0 heterocycles. The van der Waals surface area contributed by atoms with E-state index in [9.17, 15) is 14.0 Å². The Bertz CT molecular complexity index is 509. The second-order valence-corrected chi connectivity index (χ2v) is 4.87. The summed E-state index contributed by atoms with van der Waals surface area (Å²) in [5.41, 5.74) is 5.58. The van der Waals surface area contributed by atoms with Crippen LogP contribution < -0.4 is 11.1 Å². The predicted molar refractivity (Wildman–Crippen MR) is 76.7 cm³/mol. The summed E-state index contributed by atoms with van der Waals surface area (Å²) in [7, 11) is 0. The van der Waals surface area contributed by atoms with Crippen LogP contribution in [0, 0.1) is 5.82 Å². The van der Waals surface area contributed by atoms with Gasteiger partial charge in [0.15, 0.2) is 0 Å². The molecule has 7 heteroatoms. The van der Waals surface area contributed by atoms with E-state index in [1.165, 1.54) is 6.07 Å². The van der Waals surface area contributed by atoms with Crippen molar-refractivity contribution in [2.75, 3.05) is 18.9 Å². The zero-order chi connectivity index (χ0) is 15.1. The number of amides is 1. The van der Waals surface area contributed by atoms with Gasteiger partial charge in [-0.05, 0) is 41.4 Å². The van der Waals surface area contributed by atoms with Crippen molar-refractivity contribution in [2.24, 2.45) is 0 Å². The second-order valence-electron chi connectivity index (χ2n) is 4.02. The molecule has 0 saturated heterocycles. The molecule has 110 valence electrons. The highest BCUT2D eigenvalue weighted by Gasteiger charge is 2.13. The fraction of sp³-hybridized carbons (Fsp3) is 0.385. The number of hydrogen-bond donors (Lipinski definition) is 2. The van der Waals surface area contributed by atoms with Gasteiger partial charge in [-0.3, -0.25) is 9.59 Å². The summed E-state index contributed by atoms with van der Waals surface area (Å²) in [6.45, 7) is 2.39. The van der Waals surface area contributed by atoms with Crippen molar-refractivity contribution >= 4 is 33.5 Å². The van der Waals surface area contributed by atoms with E-state index in [2.05, 4.69) is 21.2 Å². The van der Waals surface area contributed by atoms with Crippen LogP contribution >= 0.6 is 15.9 Å². The third kappa shape index (κ3) is 4.80. The normalized spacial score (nSPS) is 10.2. The molecule has 0 aliphatic carbocycles. The number of hydrogen-bond acceptors (Lipinski definition) is 4. The number of benzene rings is 1. The van der Waals surface area contributed by atoms with Gasteiger partial charge in [0.1, 0.15) is 5.82 Å². The summed E-state index contributed by atoms with van der Waals surface area (Å²) in [5, 5.41) is 2.63. The van der Waals surface area contributed by atoms with Gasteiger partial charge in [-0.15, -0.1) is 0 Å². The molecule has 0 aromatic heterocycles. The van der Waals surface area contributed by atoms with Crippen LogP contribution in [0.2, 0.25) is 0 Å². The van der Waals surface area contributed by atoms with Crippen molar-refractivity contribution in [1.82, 2.24) is 5.32 Å². The number of ether oxygens (including phenoxy) is 1. The fourth-order valence-corrected chi connectivity index (χ4v) is 2.00. The first-order chi connectivity index (χ1) is 9.45. The van der Waals surface area contributed by atoms with Gasteiger partial charge < -0.3 is 15.8 Å². The Morgan fingerprint density at radius 1 is 1.45 bits per heavy atom. The number of halogens is 2. The summed E-state index contributed by atoms with van der Waals surface area (Å²) in [6.07, 6.45) is 0.708. The van der Waals surface area contributed by atoms with E-state index in [4.69, 9.17) is 10.5 Å². The molecule has 1 aromatic rings. The molecule has 20 heavy (non-hydrogen) atoms. The van der Waals surface area contributed by atoms with Crippen molar-refractivity contribution in [3.8, 4) is 0 Å². The van der Waals surface area contributed by atoms with Crippen LogP contribution in [0.3, 0.4) is 0 Å². The monoisotopic (exact) mass is 346 g/mol. The molecular formula is C13H16BrFN2O3.